The number of allylic oxidation sites excluding steroid dienone is 5. The molecule has 0 fully saturated rings. The molecule has 11 nitrogen and oxygen atoms in total. The number of primary amides is 1. The van der Waals surface area contributed by atoms with Crippen molar-refractivity contribution in [1.82, 2.24) is 5.32 Å². The highest BCUT2D eigenvalue weighted by Gasteiger charge is 2.37. The van der Waals surface area contributed by atoms with Crippen LogP contribution in [0.3, 0.4) is 0 Å². The SMILES string of the molecule is C=CC1=C2NC(=O)/C(C)=C\C=C/[C@H](OC)[C@@H](OC(N)=O)/C(C)=C\[C@H](C)[C@@H](O)[C@@H](OC)C[C@H](C)CC(=C(OC)C1=O)C2=O. The fourth-order valence-electron chi connectivity index (χ4n) is 5.06. The number of nitrogens with one attached hydrogen (secondary N) is 1. The van der Waals surface area contributed by atoms with Crippen LogP contribution in [0.1, 0.15) is 40.5 Å². The minimum Gasteiger partial charge on any atom is -0.492 e. The first kappa shape index (κ1) is 34.4. The summed E-state index contributed by atoms with van der Waals surface area (Å²) >= 11 is 0. The van der Waals surface area contributed by atoms with Gasteiger partial charge in [0, 0.05) is 31.3 Å². The second kappa shape index (κ2) is 15.4. The Bertz CT molecular complexity index is 1240. The molecular formula is C31H42N2O9. The van der Waals surface area contributed by atoms with Gasteiger partial charge < -0.3 is 35.1 Å². The molecule has 2 rings (SSSR count). The van der Waals surface area contributed by atoms with E-state index < -0.39 is 53.9 Å². The predicted molar refractivity (Wildman–Crippen MR) is 156 cm³/mol. The lowest BCUT2D eigenvalue weighted by molar-refractivity contribution is -0.121. The van der Waals surface area contributed by atoms with Gasteiger partial charge in [0.25, 0.3) is 5.91 Å². The van der Waals surface area contributed by atoms with Crippen LogP contribution >= 0.6 is 0 Å². The van der Waals surface area contributed by atoms with E-state index in [-0.39, 0.29) is 40.5 Å². The minimum absolute atomic E-state index is 0.0812. The standard InChI is InChI=1S/C31H42N2O9/c1-9-20-24-26(35)21(29(41-8)27(20)36)13-16(2)14-23(40-7)25(34)18(4)15-19(5)28(42-31(32)38)22(39-6)12-10-11-17(3)30(37)33-24/h9-12,15-16,18,22-23,25,28,34H,1,13-14H2,2-8H3,(H2,32,38)(H,33,37)/b12-10-,17-11-,19-15-/t16-,18+,22+,23+,25-,28+/m1/s1. The summed E-state index contributed by atoms with van der Waals surface area (Å²) in [5.41, 5.74) is 5.96. The quantitative estimate of drug-likeness (QED) is 0.325. The molecule has 42 heavy (non-hydrogen) atoms. The van der Waals surface area contributed by atoms with Crippen LogP contribution in [0, 0.1) is 11.8 Å². The number of aliphatic hydroxyl groups is 1. The summed E-state index contributed by atoms with van der Waals surface area (Å²) in [5.74, 6) is -2.57. The summed E-state index contributed by atoms with van der Waals surface area (Å²) in [6, 6.07) is 0. The molecule has 0 spiro atoms. The van der Waals surface area contributed by atoms with Crippen LogP contribution < -0.4 is 11.1 Å². The molecule has 4 N–H and O–H groups in total. The Balaban J connectivity index is 2.69. The van der Waals surface area contributed by atoms with Crippen LogP contribution in [0.15, 0.2) is 70.7 Å². The van der Waals surface area contributed by atoms with E-state index in [2.05, 4.69) is 11.9 Å². The first-order valence-electron chi connectivity index (χ1n) is 13.6. The average molecular weight is 587 g/mol. The maximum atomic E-state index is 13.7. The minimum atomic E-state index is -1.01. The number of ketones is 2. The molecule has 2 aliphatic rings. The molecule has 1 aliphatic carbocycles. The van der Waals surface area contributed by atoms with Crippen molar-refractivity contribution in [3.63, 3.8) is 0 Å². The number of Topliss-reactive ketones (excluding diaryl/α,β-unsaturated/α-hetero) is 2. The van der Waals surface area contributed by atoms with Crippen molar-refractivity contribution in [2.75, 3.05) is 21.3 Å². The Hall–Kier alpha value is -3.80. The smallest absolute Gasteiger partial charge is 0.405 e. The molecule has 0 aromatic carbocycles. The van der Waals surface area contributed by atoms with E-state index in [0.717, 1.165) is 0 Å². The molecule has 0 radical (unpaired) electrons. The highest BCUT2D eigenvalue weighted by atomic mass is 16.6. The van der Waals surface area contributed by atoms with Crippen LogP contribution in [-0.4, -0.2) is 74.4 Å². The zero-order chi connectivity index (χ0) is 31.7. The summed E-state index contributed by atoms with van der Waals surface area (Å²) in [7, 11) is 4.20. The van der Waals surface area contributed by atoms with Gasteiger partial charge in [-0.25, -0.2) is 4.79 Å². The molecule has 2 bridgehead atoms. The van der Waals surface area contributed by atoms with Gasteiger partial charge in [0.15, 0.2) is 11.9 Å². The molecule has 1 heterocycles. The maximum Gasteiger partial charge on any atom is 0.405 e. The van der Waals surface area contributed by atoms with Crippen molar-refractivity contribution >= 4 is 23.6 Å². The van der Waals surface area contributed by atoms with Crippen molar-refractivity contribution in [3.05, 3.63) is 70.7 Å². The van der Waals surface area contributed by atoms with Crippen molar-refractivity contribution < 1.29 is 43.2 Å². The molecular weight excluding hydrogens is 544 g/mol. The number of fused-ring (bicyclic) bond motifs is 2. The number of ether oxygens (including phenoxy) is 4. The normalized spacial score (nSPS) is 31.9. The number of hydrogen-bond acceptors (Lipinski definition) is 9. The number of amides is 2. The van der Waals surface area contributed by atoms with Crippen LogP contribution in [0.5, 0.6) is 0 Å². The fourth-order valence-corrected chi connectivity index (χ4v) is 5.06. The Kier molecular flexibility index (Phi) is 12.6. The third kappa shape index (κ3) is 8.15. The molecule has 6 atom stereocenters. The number of rotatable bonds is 5. The molecule has 0 aromatic heterocycles. The largest absolute Gasteiger partial charge is 0.492 e. The van der Waals surface area contributed by atoms with E-state index >= 15 is 0 Å². The highest BCUT2D eigenvalue weighted by molar-refractivity contribution is 6.26. The van der Waals surface area contributed by atoms with Crippen LogP contribution in [0.25, 0.3) is 0 Å². The summed E-state index contributed by atoms with van der Waals surface area (Å²) in [6.07, 6.45) is 3.63. The summed E-state index contributed by atoms with van der Waals surface area (Å²) in [5, 5.41) is 13.8. The molecule has 0 saturated heterocycles. The van der Waals surface area contributed by atoms with Gasteiger partial charge in [0.2, 0.25) is 11.6 Å². The van der Waals surface area contributed by atoms with E-state index in [9.17, 15) is 24.3 Å². The number of aliphatic hydroxyl groups excluding tert-OH is 1. The molecule has 11 heteroatoms. The van der Waals surface area contributed by atoms with E-state index in [0.29, 0.717) is 12.0 Å². The van der Waals surface area contributed by atoms with Gasteiger partial charge in [0.05, 0.1) is 24.9 Å². The molecule has 1 aliphatic heterocycles. The summed E-state index contributed by atoms with van der Waals surface area (Å²) in [4.78, 5) is 51.7. The fraction of sp³-hybridized carbons (Fsp3) is 0.484. The first-order valence-corrected chi connectivity index (χ1v) is 13.6. The molecule has 2 amide bonds. The number of methoxy groups -OCH3 is 3. The molecule has 0 unspecified atom stereocenters. The van der Waals surface area contributed by atoms with Gasteiger partial charge in [-0.1, -0.05) is 50.8 Å². The lowest BCUT2D eigenvalue weighted by Gasteiger charge is -2.30. The van der Waals surface area contributed by atoms with Gasteiger partial charge in [-0.2, -0.15) is 0 Å². The summed E-state index contributed by atoms with van der Waals surface area (Å²) in [6.45, 7) is 10.5. The molecule has 230 valence electrons. The van der Waals surface area contributed by atoms with Crippen molar-refractivity contribution in [2.24, 2.45) is 17.6 Å². The topological polar surface area (TPSA) is 163 Å². The highest BCUT2D eigenvalue weighted by Crippen LogP contribution is 2.32. The lowest BCUT2D eigenvalue weighted by Crippen LogP contribution is -2.37. The maximum absolute atomic E-state index is 13.7. The van der Waals surface area contributed by atoms with Crippen LogP contribution in [0.4, 0.5) is 4.79 Å². The Morgan fingerprint density at radius 2 is 1.79 bits per heavy atom. The third-order valence-electron chi connectivity index (χ3n) is 7.35. The second-order valence-electron chi connectivity index (χ2n) is 10.5. The van der Waals surface area contributed by atoms with Gasteiger partial charge in [0.1, 0.15) is 11.8 Å². The zero-order valence-corrected chi connectivity index (χ0v) is 25.3. The Labute approximate surface area is 246 Å². The van der Waals surface area contributed by atoms with E-state index in [4.69, 9.17) is 24.7 Å². The first-order chi connectivity index (χ1) is 19.8. The van der Waals surface area contributed by atoms with Crippen LogP contribution in [-0.2, 0) is 33.3 Å². The predicted octanol–water partition coefficient (Wildman–Crippen LogP) is 2.96. The molecule has 0 aromatic rings. The van der Waals surface area contributed by atoms with Crippen LogP contribution in [0.2, 0.25) is 0 Å². The monoisotopic (exact) mass is 586 g/mol. The Morgan fingerprint density at radius 1 is 1.12 bits per heavy atom. The van der Waals surface area contributed by atoms with Gasteiger partial charge in [-0.3, -0.25) is 14.4 Å². The Morgan fingerprint density at radius 3 is 2.33 bits per heavy atom. The average Bonchev–Trinajstić information content (AvgIpc) is 2.94. The van der Waals surface area contributed by atoms with Gasteiger partial charge in [-0.15, -0.1) is 0 Å². The summed E-state index contributed by atoms with van der Waals surface area (Å²) < 4.78 is 21.9. The number of hydrogen-bond donors (Lipinski definition) is 3. The number of carbonyl (C=O) groups is 4. The second-order valence-corrected chi connectivity index (χ2v) is 10.5. The molecule has 0 saturated carbocycles. The van der Waals surface area contributed by atoms with Gasteiger partial charge >= 0.3 is 6.09 Å². The van der Waals surface area contributed by atoms with E-state index in [1.807, 2.05) is 6.92 Å². The number of carbonyl (C=O) groups excluding carboxylic acids is 4. The third-order valence-corrected chi connectivity index (χ3v) is 7.35. The van der Waals surface area contributed by atoms with E-state index in [1.54, 1.807) is 26.0 Å². The van der Waals surface area contributed by atoms with Crippen molar-refractivity contribution in [3.8, 4) is 0 Å². The lowest BCUT2D eigenvalue weighted by atomic mass is 9.83. The van der Waals surface area contributed by atoms with Crippen molar-refractivity contribution in [2.45, 2.75) is 65.0 Å². The number of nitrogens with two attached hydrogens (primary N) is 1. The van der Waals surface area contributed by atoms with Gasteiger partial charge in [-0.05, 0) is 38.2 Å². The van der Waals surface area contributed by atoms with E-state index in [1.165, 1.54) is 46.5 Å². The van der Waals surface area contributed by atoms with Crippen molar-refractivity contribution in [1.29, 1.82) is 0 Å². The zero-order valence-electron chi connectivity index (χ0n) is 25.3.